The van der Waals surface area contributed by atoms with Crippen molar-refractivity contribution in [2.24, 2.45) is 5.10 Å². The van der Waals surface area contributed by atoms with E-state index in [2.05, 4.69) is 25.5 Å². The number of thioether (sulfide) groups is 1. The van der Waals surface area contributed by atoms with Gasteiger partial charge in [-0.25, -0.2) is 0 Å². The molecule has 0 spiro atoms. The number of rotatable bonds is 7. The van der Waals surface area contributed by atoms with Crippen LogP contribution in [-0.2, 0) is 12.4 Å². The summed E-state index contributed by atoms with van der Waals surface area (Å²) in [7, 11) is 0. The van der Waals surface area contributed by atoms with Crippen molar-refractivity contribution in [3.8, 4) is 0 Å². The molecule has 0 aliphatic carbocycles. The lowest BCUT2D eigenvalue weighted by atomic mass is 10.3. The van der Waals surface area contributed by atoms with Crippen LogP contribution in [0.5, 0.6) is 0 Å². The van der Waals surface area contributed by atoms with Crippen LogP contribution in [0, 0.1) is 37.8 Å². The monoisotopic (exact) mass is 403 g/mol. The number of hydrogen-bond donors (Lipinski definition) is 0. The summed E-state index contributed by atoms with van der Waals surface area (Å²) < 4.78 is 5.07. The summed E-state index contributed by atoms with van der Waals surface area (Å²) in [6, 6.07) is 0. The average molecular weight is 403 g/mol. The average Bonchev–Trinajstić information content (AvgIpc) is 3.27. The Bertz CT molecular complexity index is 1050. The maximum absolute atomic E-state index is 11.2. The van der Waals surface area contributed by atoms with Gasteiger partial charge in [0.05, 0.1) is 22.7 Å². The highest BCUT2D eigenvalue weighted by atomic mass is 32.2. The van der Waals surface area contributed by atoms with Crippen LogP contribution in [0.15, 0.2) is 16.5 Å². The van der Waals surface area contributed by atoms with Crippen molar-refractivity contribution in [3.63, 3.8) is 0 Å². The molecular weight excluding hydrogens is 382 g/mol. The molecular formula is C16H21N9O2S. The first kappa shape index (κ1) is 19.7. The molecule has 3 heterocycles. The fourth-order valence-corrected chi connectivity index (χ4v) is 3.59. The first-order valence-corrected chi connectivity index (χ1v) is 9.62. The standard InChI is InChI=1S/C16H21N9O2S/c1-6-22-8-14(10(2)20-22)7-17-24-13(5)18-19-16(24)28-9-23-12(4)15(25(26)27)11(3)21-23/h7-8H,6,9H2,1-5H3/b17-7-. The molecule has 0 unspecified atom stereocenters. The second-order valence-corrected chi connectivity index (χ2v) is 7.07. The quantitative estimate of drug-likeness (QED) is 0.257. The zero-order chi connectivity index (χ0) is 20.4. The third-order valence-electron chi connectivity index (χ3n) is 4.23. The molecule has 0 saturated carbocycles. The van der Waals surface area contributed by atoms with Gasteiger partial charge in [0.15, 0.2) is 5.82 Å². The van der Waals surface area contributed by atoms with Crippen LogP contribution in [-0.4, -0.2) is 45.6 Å². The van der Waals surface area contributed by atoms with E-state index < -0.39 is 4.92 Å². The normalized spacial score (nSPS) is 11.6. The van der Waals surface area contributed by atoms with E-state index in [-0.39, 0.29) is 5.69 Å². The molecule has 12 heteroatoms. The van der Waals surface area contributed by atoms with Gasteiger partial charge in [0.1, 0.15) is 11.4 Å². The Kier molecular flexibility index (Phi) is 5.58. The van der Waals surface area contributed by atoms with Gasteiger partial charge in [-0.05, 0) is 34.6 Å². The highest BCUT2D eigenvalue weighted by Gasteiger charge is 2.22. The maximum Gasteiger partial charge on any atom is 0.312 e. The zero-order valence-electron chi connectivity index (χ0n) is 16.3. The van der Waals surface area contributed by atoms with Gasteiger partial charge in [0.2, 0.25) is 5.16 Å². The van der Waals surface area contributed by atoms with Crippen LogP contribution in [0.4, 0.5) is 5.69 Å². The van der Waals surface area contributed by atoms with Crippen molar-refractivity contribution in [1.29, 1.82) is 0 Å². The maximum atomic E-state index is 11.2. The molecule has 0 N–H and O–H groups in total. The van der Waals surface area contributed by atoms with Crippen LogP contribution in [0.3, 0.4) is 0 Å². The molecule has 0 amide bonds. The molecule has 0 aliphatic rings. The molecule has 0 aromatic carbocycles. The molecule has 3 aromatic rings. The Morgan fingerprint density at radius 2 is 1.96 bits per heavy atom. The molecule has 11 nitrogen and oxygen atoms in total. The van der Waals surface area contributed by atoms with Crippen molar-refractivity contribution < 1.29 is 4.92 Å². The molecule has 0 radical (unpaired) electrons. The lowest BCUT2D eigenvalue weighted by molar-refractivity contribution is -0.386. The second kappa shape index (κ2) is 7.92. The topological polar surface area (TPSA) is 122 Å². The van der Waals surface area contributed by atoms with Crippen molar-refractivity contribution in [3.05, 3.63) is 44.8 Å². The smallest absolute Gasteiger partial charge is 0.272 e. The summed E-state index contributed by atoms with van der Waals surface area (Å²) in [5.74, 6) is 1.000. The highest BCUT2D eigenvalue weighted by Crippen LogP contribution is 2.25. The van der Waals surface area contributed by atoms with Crippen LogP contribution in [0.25, 0.3) is 0 Å². The van der Waals surface area contributed by atoms with Crippen molar-refractivity contribution in [2.75, 3.05) is 0 Å². The van der Waals surface area contributed by atoms with E-state index in [0.29, 0.717) is 28.2 Å². The Balaban J connectivity index is 1.80. The number of nitro groups is 1. The van der Waals surface area contributed by atoms with E-state index in [9.17, 15) is 10.1 Å². The highest BCUT2D eigenvalue weighted by molar-refractivity contribution is 7.98. The predicted molar refractivity (Wildman–Crippen MR) is 105 cm³/mol. The van der Waals surface area contributed by atoms with Crippen molar-refractivity contribution >= 4 is 23.7 Å². The summed E-state index contributed by atoms with van der Waals surface area (Å²) >= 11 is 1.35. The van der Waals surface area contributed by atoms with Crippen molar-refractivity contribution in [1.82, 2.24) is 34.4 Å². The molecule has 0 fully saturated rings. The lowest BCUT2D eigenvalue weighted by Gasteiger charge is -2.04. The number of aryl methyl sites for hydroxylation is 4. The van der Waals surface area contributed by atoms with E-state index in [1.807, 2.05) is 31.6 Å². The van der Waals surface area contributed by atoms with Gasteiger partial charge in [-0.1, -0.05) is 11.8 Å². The van der Waals surface area contributed by atoms with E-state index in [1.54, 1.807) is 29.4 Å². The Labute approximate surface area is 165 Å². The third kappa shape index (κ3) is 3.81. The summed E-state index contributed by atoms with van der Waals surface area (Å²) in [6.07, 6.45) is 3.66. The minimum absolute atomic E-state index is 0.0414. The molecule has 28 heavy (non-hydrogen) atoms. The van der Waals surface area contributed by atoms with Gasteiger partial charge < -0.3 is 0 Å². The fraction of sp³-hybridized carbons (Fsp3) is 0.438. The number of hydrogen-bond acceptors (Lipinski definition) is 8. The van der Waals surface area contributed by atoms with E-state index in [4.69, 9.17) is 0 Å². The lowest BCUT2D eigenvalue weighted by Crippen LogP contribution is -2.02. The Morgan fingerprint density at radius 3 is 2.57 bits per heavy atom. The predicted octanol–water partition coefficient (Wildman–Crippen LogP) is 2.46. The zero-order valence-corrected chi connectivity index (χ0v) is 17.1. The molecule has 3 aromatic heterocycles. The number of aromatic nitrogens is 7. The first-order chi connectivity index (χ1) is 13.3. The molecule has 0 bridgehead atoms. The van der Waals surface area contributed by atoms with Gasteiger partial charge in [-0.3, -0.25) is 19.5 Å². The Hall–Kier alpha value is -3.02. The van der Waals surface area contributed by atoms with Crippen molar-refractivity contribution in [2.45, 2.75) is 52.2 Å². The minimum Gasteiger partial charge on any atom is -0.272 e. The molecule has 0 saturated heterocycles. The van der Waals surface area contributed by atoms with Crippen LogP contribution in [0.1, 0.15) is 35.4 Å². The van der Waals surface area contributed by atoms with Gasteiger partial charge >= 0.3 is 5.69 Å². The second-order valence-electron chi connectivity index (χ2n) is 6.16. The minimum atomic E-state index is -0.408. The summed E-state index contributed by atoms with van der Waals surface area (Å²) in [5.41, 5.74) is 2.74. The molecule has 0 aliphatic heterocycles. The molecule has 0 atom stereocenters. The van der Waals surface area contributed by atoms with Gasteiger partial charge in [-0.2, -0.15) is 20.0 Å². The largest absolute Gasteiger partial charge is 0.312 e. The van der Waals surface area contributed by atoms with Gasteiger partial charge in [0.25, 0.3) is 0 Å². The number of nitrogens with zero attached hydrogens (tertiary/aromatic N) is 9. The molecule has 148 valence electrons. The first-order valence-electron chi connectivity index (χ1n) is 8.63. The summed E-state index contributed by atoms with van der Waals surface area (Å²) in [4.78, 5) is 10.7. The SMILES string of the molecule is CCn1cc(/C=N\n2c(C)nnc2SCn2nc(C)c([N+](=O)[O-])c2C)c(C)n1. The van der Waals surface area contributed by atoms with Gasteiger partial charge in [-0.15, -0.1) is 10.2 Å². The van der Waals surface area contributed by atoms with Crippen LogP contribution < -0.4 is 0 Å². The molecule has 3 rings (SSSR count). The summed E-state index contributed by atoms with van der Waals surface area (Å²) in [5, 5.41) is 33.1. The van der Waals surface area contributed by atoms with E-state index in [1.165, 1.54) is 11.8 Å². The Morgan fingerprint density at radius 1 is 1.21 bits per heavy atom. The van der Waals surface area contributed by atoms with Crippen LogP contribution in [0.2, 0.25) is 0 Å². The van der Waals surface area contributed by atoms with E-state index >= 15 is 0 Å². The van der Waals surface area contributed by atoms with E-state index in [0.717, 1.165) is 17.8 Å². The van der Waals surface area contributed by atoms with Gasteiger partial charge in [0, 0.05) is 18.3 Å². The summed E-state index contributed by atoms with van der Waals surface area (Å²) in [6.45, 7) is 9.86. The third-order valence-corrected chi connectivity index (χ3v) is 5.12. The van der Waals surface area contributed by atoms with Crippen LogP contribution >= 0.6 is 11.8 Å². The fourth-order valence-electron chi connectivity index (χ4n) is 2.70.